The number of fused-ring (bicyclic) bond motifs is 1. The lowest BCUT2D eigenvalue weighted by molar-refractivity contribution is -0.137. The average Bonchev–Trinajstić information content (AvgIpc) is 3.41. The summed E-state index contributed by atoms with van der Waals surface area (Å²) in [5, 5.41) is 4.27. The molecule has 0 unspecified atom stereocenters. The third-order valence-electron chi connectivity index (χ3n) is 7.73. The number of aromatic nitrogens is 4. The van der Waals surface area contributed by atoms with Gasteiger partial charge in [-0.05, 0) is 75.0 Å². The number of aryl methyl sites for hydroxylation is 1. The molecular weight excluding hydrogens is 631 g/mol. The highest BCUT2D eigenvalue weighted by molar-refractivity contribution is 5.76. The third-order valence-corrected chi connectivity index (χ3v) is 7.73. The van der Waals surface area contributed by atoms with Gasteiger partial charge in [-0.3, -0.25) is 14.5 Å². The van der Waals surface area contributed by atoms with Crippen molar-refractivity contribution in [1.82, 2.24) is 24.8 Å². The molecule has 1 atom stereocenters. The van der Waals surface area contributed by atoms with E-state index < -0.39 is 17.2 Å². The standard InChI is InChI=1S/C21H29N7O.C15H23F3N2/c1-21(2,3)17-11-15-13-28(20(29)27-18(15)26-17)16-7-5-14(6-8-16)12-24-9-4-10-25-19(22)23;1-10(19)6-5-7-12-8-11(15(16,17)18)9-13(20-12)14(2,3)4/h5-8,11,13,24H,4,9-10,12H2,1-3H3,(H4,22,23,25)(H,26,27,29);8-10H,5-7,19H2,1-4H3/t;10-/m.0/s1. The molecule has 0 amide bonds. The van der Waals surface area contributed by atoms with E-state index in [1.807, 2.05) is 58.2 Å². The molecule has 0 saturated heterocycles. The molecule has 0 aliphatic carbocycles. The monoisotopic (exact) mass is 683 g/mol. The predicted octanol–water partition coefficient (Wildman–Crippen LogP) is 5.83. The third kappa shape index (κ3) is 12.3. The fraction of sp³-hybridized carbons (Fsp3) is 0.500. The Balaban J connectivity index is 0.000000286. The summed E-state index contributed by atoms with van der Waals surface area (Å²) < 4.78 is 40.4. The summed E-state index contributed by atoms with van der Waals surface area (Å²) >= 11 is 0. The molecule has 8 N–H and O–H groups in total. The second kappa shape index (κ2) is 16.4. The van der Waals surface area contributed by atoms with Crippen LogP contribution in [-0.4, -0.2) is 44.6 Å². The maximum Gasteiger partial charge on any atom is 0.416 e. The van der Waals surface area contributed by atoms with Crippen LogP contribution in [0.15, 0.2) is 58.4 Å². The van der Waals surface area contributed by atoms with Gasteiger partial charge in [0.25, 0.3) is 0 Å². The fourth-order valence-corrected chi connectivity index (χ4v) is 4.87. The highest BCUT2D eigenvalue weighted by Gasteiger charge is 2.33. The van der Waals surface area contributed by atoms with Crippen LogP contribution in [0.5, 0.6) is 0 Å². The molecule has 0 bridgehead atoms. The van der Waals surface area contributed by atoms with Gasteiger partial charge in [0.05, 0.1) is 11.3 Å². The average molecular weight is 684 g/mol. The first-order valence-corrected chi connectivity index (χ1v) is 16.6. The molecule has 3 aromatic heterocycles. The fourth-order valence-electron chi connectivity index (χ4n) is 4.87. The first kappa shape index (κ1) is 39.2. The van der Waals surface area contributed by atoms with Crippen LogP contribution < -0.4 is 28.2 Å². The van der Waals surface area contributed by atoms with Crippen molar-refractivity contribution in [3.63, 3.8) is 0 Å². The molecular formula is C36H52F3N9O. The molecule has 0 spiro atoms. The molecule has 3 heterocycles. The number of nitrogens with two attached hydrogens (primary N) is 3. The topological polar surface area (TPSA) is 166 Å². The molecule has 4 rings (SSSR count). The molecule has 10 nitrogen and oxygen atoms in total. The highest BCUT2D eigenvalue weighted by Crippen LogP contribution is 2.33. The van der Waals surface area contributed by atoms with Crippen molar-refractivity contribution in [2.24, 2.45) is 22.2 Å². The number of guanidine groups is 1. The minimum atomic E-state index is -4.33. The van der Waals surface area contributed by atoms with E-state index in [2.05, 4.69) is 52.1 Å². The first-order valence-electron chi connectivity index (χ1n) is 16.6. The summed E-state index contributed by atoms with van der Waals surface area (Å²) in [6.07, 6.45) is 0.420. The Kier molecular flexibility index (Phi) is 13.2. The van der Waals surface area contributed by atoms with E-state index in [4.69, 9.17) is 17.2 Å². The van der Waals surface area contributed by atoms with Crippen molar-refractivity contribution in [3.8, 4) is 5.69 Å². The van der Waals surface area contributed by atoms with E-state index in [1.165, 1.54) is 0 Å². The van der Waals surface area contributed by atoms with Crippen LogP contribution in [0.1, 0.15) is 95.9 Å². The number of halogens is 3. The maximum atomic E-state index is 12.9. The van der Waals surface area contributed by atoms with E-state index >= 15 is 0 Å². The van der Waals surface area contributed by atoms with Crippen molar-refractivity contribution in [3.05, 3.63) is 87.4 Å². The summed E-state index contributed by atoms with van der Waals surface area (Å²) in [5.41, 5.74) is 19.5. The lowest BCUT2D eigenvalue weighted by Gasteiger charge is -2.21. The van der Waals surface area contributed by atoms with Crippen molar-refractivity contribution in [2.75, 3.05) is 13.1 Å². The number of H-pyrrole nitrogens is 1. The molecule has 0 fully saturated rings. The van der Waals surface area contributed by atoms with Gasteiger partial charge in [-0.15, -0.1) is 0 Å². The number of hydrogen-bond acceptors (Lipinski definition) is 6. The largest absolute Gasteiger partial charge is 0.416 e. The second-order valence-corrected chi connectivity index (χ2v) is 14.5. The van der Waals surface area contributed by atoms with Crippen molar-refractivity contribution in [1.29, 1.82) is 0 Å². The molecule has 0 aliphatic heterocycles. The van der Waals surface area contributed by atoms with E-state index in [0.29, 0.717) is 30.0 Å². The molecule has 13 heteroatoms. The quantitative estimate of drug-likeness (QED) is 0.0753. The van der Waals surface area contributed by atoms with Crippen LogP contribution in [0, 0.1) is 0 Å². The molecule has 49 heavy (non-hydrogen) atoms. The molecule has 4 aromatic rings. The Morgan fingerprint density at radius 1 is 0.980 bits per heavy atom. The first-order chi connectivity index (χ1) is 22.7. The molecule has 0 aliphatic rings. The number of nitrogens with one attached hydrogen (secondary N) is 2. The van der Waals surface area contributed by atoms with E-state index in [1.54, 1.807) is 4.57 Å². The summed E-state index contributed by atoms with van der Waals surface area (Å²) in [6, 6.07) is 12.3. The lowest BCUT2D eigenvalue weighted by Crippen LogP contribution is -2.23. The molecule has 268 valence electrons. The minimum Gasteiger partial charge on any atom is -0.370 e. The zero-order valence-corrected chi connectivity index (χ0v) is 29.7. The molecule has 0 radical (unpaired) electrons. The number of hydrogen-bond donors (Lipinski definition) is 5. The van der Waals surface area contributed by atoms with E-state index in [0.717, 1.165) is 66.8 Å². The zero-order chi connectivity index (χ0) is 36.6. The SMILES string of the molecule is CC(C)(C)c1cc2cn(-c3ccc(CNCCCN=C(N)N)cc3)c(=O)nc2[nH]1.C[C@H](N)CCCc1cc(C(F)(F)F)cc(C(C)(C)C)n1. The Morgan fingerprint density at radius 3 is 2.22 bits per heavy atom. The number of benzene rings is 1. The minimum absolute atomic E-state index is 0.0352. The van der Waals surface area contributed by atoms with Gasteiger partial charge in [0, 0.05) is 58.6 Å². The Labute approximate surface area is 286 Å². The Hall–Kier alpha value is -4.23. The molecule has 1 aromatic carbocycles. The lowest BCUT2D eigenvalue weighted by atomic mass is 9.90. The van der Waals surface area contributed by atoms with E-state index in [-0.39, 0.29) is 23.1 Å². The van der Waals surface area contributed by atoms with Gasteiger partial charge >= 0.3 is 11.9 Å². The number of pyridine rings is 1. The van der Waals surface area contributed by atoms with Crippen molar-refractivity contribution < 1.29 is 13.2 Å². The Morgan fingerprint density at radius 2 is 1.65 bits per heavy atom. The van der Waals surface area contributed by atoms with Crippen LogP contribution in [0.4, 0.5) is 13.2 Å². The van der Waals surface area contributed by atoms with Gasteiger partial charge in [-0.1, -0.05) is 53.7 Å². The maximum absolute atomic E-state index is 12.9. The van der Waals surface area contributed by atoms with Crippen molar-refractivity contribution in [2.45, 2.75) is 104 Å². The highest BCUT2D eigenvalue weighted by atomic mass is 19.4. The van der Waals surface area contributed by atoms with Crippen LogP contribution in [0.3, 0.4) is 0 Å². The predicted molar refractivity (Wildman–Crippen MR) is 192 cm³/mol. The number of aliphatic imine (C=N–C) groups is 1. The number of rotatable bonds is 11. The normalized spacial score (nSPS) is 12.8. The zero-order valence-electron chi connectivity index (χ0n) is 29.7. The van der Waals surface area contributed by atoms with Gasteiger partial charge in [0.2, 0.25) is 0 Å². The smallest absolute Gasteiger partial charge is 0.370 e. The van der Waals surface area contributed by atoms with Crippen molar-refractivity contribution >= 4 is 17.0 Å². The van der Waals surface area contributed by atoms with Gasteiger partial charge in [0.15, 0.2) is 5.96 Å². The number of nitrogens with zero attached hydrogens (tertiary/aromatic N) is 4. The summed E-state index contributed by atoms with van der Waals surface area (Å²) in [6.45, 7) is 16.0. The molecule has 0 saturated carbocycles. The van der Waals surface area contributed by atoms with Gasteiger partial charge in [-0.25, -0.2) is 4.79 Å². The van der Waals surface area contributed by atoms with Gasteiger partial charge < -0.3 is 27.5 Å². The second-order valence-electron chi connectivity index (χ2n) is 14.5. The van der Waals surface area contributed by atoms with E-state index in [9.17, 15) is 18.0 Å². The summed E-state index contributed by atoms with van der Waals surface area (Å²) in [5.74, 6) is 0.123. The Bertz CT molecular complexity index is 1710. The van der Waals surface area contributed by atoms with Crippen LogP contribution in [0.25, 0.3) is 16.7 Å². The number of alkyl halides is 3. The number of aromatic amines is 1. The van der Waals surface area contributed by atoms with Gasteiger partial charge in [0.1, 0.15) is 5.65 Å². The van der Waals surface area contributed by atoms with Crippen LogP contribution in [0.2, 0.25) is 0 Å². The summed E-state index contributed by atoms with van der Waals surface area (Å²) in [4.78, 5) is 28.3. The van der Waals surface area contributed by atoms with Crippen LogP contribution in [-0.2, 0) is 30.0 Å². The van der Waals surface area contributed by atoms with Gasteiger partial charge in [-0.2, -0.15) is 18.2 Å². The van der Waals surface area contributed by atoms with Crippen LogP contribution >= 0.6 is 0 Å². The summed E-state index contributed by atoms with van der Waals surface area (Å²) in [7, 11) is 0.